The number of aliphatic hydroxyl groups excluding tert-OH is 25. The predicted octanol–water partition coefficient (Wildman–Crippen LogP) is -7.13. The van der Waals surface area contributed by atoms with Gasteiger partial charge in [0.05, 0.1) is 93.0 Å². The van der Waals surface area contributed by atoms with E-state index in [1.165, 1.54) is 45.1 Å². The van der Waals surface area contributed by atoms with Crippen LogP contribution in [0.4, 0.5) is 0 Å². The van der Waals surface area contributed by atoms with Crippen molar-refractivity contribution in [2.75, 3.05) is 46.2 Å². The summed E-state index contributed by atoms with van der Waals surface area (Å²) < 4.78 is 109. The molecule has 47 heteroatoms. The van der Waals surface area contributed by atoms with Crippen LogP contribution in [-0.4, -0.2) is 460 Å². The zero-order chi connectivity index (χ0) is 105. The Hall–Kier alpha value is -4.53. The standard InChI is InChI=1S/C95H150O47/c1-14-90(9,124)24-16-18-41(32-97)77(121)135-71-38(3)128-84(69(118)63(71)112)142-91(10,15-2)25-17-19-40(31-96)76(120)133-53-30-95(87(123)141-86-75(61(110)56(105)46(34-99)131-86)139-83-70(119)73(137-82-68(117)59(108)55(104)45(33-98)129-82)72(39(4)127-83)136-81-66(115)57(106)47(35-100)130-81)43(28-88(53,5)6)42-20-21-50-92(11)26-23-52(89(7,8)49(92)22-27-93(50,12)94(42,13)29-51(95)102)134-80-67(116)60(109)58(107)48(132-80)37-126-85-74(62(111)64(113)78(122)140-85)138-79-65(114)54(103)44(101)36-125-79/h14-15,18-20,38-39,43-75,78-86,96-119,122,124H,1-2,16-17,21-37H2,3-13H3/b40-19-,41-18-. The minimum absolute atomic E-state index is 0.0587. The van der Waals surface area contributed by atoms with Crippen molar-refractivity contribution in [1.29, 1.82) is 0 Å². The normalized spacial score (nSPS) is 48.5. The molecule has 0 aromatic carbocycles. The van der Waals surface area contributed by atoms with Crippen LogP contribution in [0.3, 0.4) is 0 Å². The summed E-state index contributed by atoms with van der Waals surface area (Å²) in [5.74, 6) is -4.90. The van der Waals surface area contributed by atoms with Crippen molar-refractivity contribution in [2.45, 2.75) is 416 Å². The largest absolute Gasteiger partial charge is 0.458 e. The molecule has 8 aliphatic heterocycles. The summed E-state index contributed by atoms with van der Waals surface area (Å²) in [5.41, 5.74) is -9.19. The van der Waals surface area contributed by atoms with E-state index >= 15 is 9.59 Å². The van der Waals surface area contributed by atoms with Gasteiger partial charge in [-0.05, 0) is 138 Å². The van der Waals surface area contributed by atoms with Crippen molar-refractivity contribution in [1.82, 2.24) is 0 Å². The molecule has 142 heavy (non-hydrogen) atoms. The molecule has 50 atom stereocenters. The third kappa shape index (κ3) is 22.0. The summed E-state index contributed by atoms with van der Waals surface area (Å²) in [7, 11) is 0. The first-order valence-electron chi connectivity index (χ1n) is 48.7. The summed E-state index contributed by atoms with van der Waals surface area (Å²) in [6.07, 6.45) is -65.4. The maximum atomic E-state index is 16.8. The van der Waals surface area contributed by atoms with Gasteiger partial charge in [-0.3, -0.25) is 4.79 Å². The van der Waals surface area contributed by atoms with Gasteiger partial charge in [-0.25, -0.2) is 9.59 Å². The van der Waals surface area contributed by atoms with Crippen LogP contribution in [0, 0.1) is 50.2 Å². The second-order valence-electron chi connectivity index (χ2n) is 43.1. The highest BCUT2D eigenvalue weighted by Crippen LogP contribution is 2.76. The number of ether oxygens (including phenoxy) is 18. The first-order valence-corrected chi connectivity index (χ1v) is 48.7. The van der Waals surface area contributed by atoms with Crippen LogP contribution >= 0.6 is 0 Å². The number of esters is 3. The molecule has 0 aromatic heterocycles. The molecular formula is C95H150O47. The third-order valence-electron chi connectivity index (χ3n) is 33.3. The van der Waals surface area contributed by atoms with Crippen LogP contribution < -0.4 is 0 Å². The summed E-state index contributed by atoms with van der Waals surface area (Å²) >= 11 is 0. The van der Waals surface area contributed by atoms with Crippen LogP contribution in [0.5, 0.6) is 0 Å². The van der Waals surface area contributed by atoms with E-state index in [9.17, 15) is 138 Å². The number of carbonyl (C=O) groups is 3. The molecule has 13 aliphatic rings. The number of hydrogen-bond acceptors (Lipinski definition) is 47. The maximum Gasteiger partial charge on any atom is 0.336 e. The zero-order valence-electron chi connectivity index (χ0n) is 81.3. The van der Waals surface area contributed by atoms with E-state index in [1.807, 2.05) is 20.8 Å². The summed E-state index contributed by atoms with van der Waals surface area (Å²) in [6, 6.07) is 0. The van der Waals surface area contributed by atoms with Gasteiger partial charge in [-0.2, -0.15) is 0 Å². The van der Waals surface area contributed by atoms with E-state index in [-0.39, 0.29) is 61.5 Å². The summed E-state index contributed by atoms with van der Waals surface area (Å²) in [6.45, 7) is 21.5. The van der Waals surface area contributed by atoms with Crippen LogP contribution in [0.15, 0.2) is 60.3 Å². The Labute approximate surface area is 820 Å². The van der Waals surface area contributed by atoms with E-state index in [0.717, 1.165) is 0 Å². The van der Waals surface area contributed by atoms with E-state index in [1.54, 1.807) is 20.8 Å². The van der Waals surface area contributed by atoms with Gasteiger partial charge in [-0.15, -0.1) is 13.2 Å². The molecular weight excluding hydrogens is 1890 g/mol. The molecule has 0 radical (unpaired) electrons. The highest BCUT2D eigenvalue weighted by Gasteiger charge is 2.74. The fourth-order valence-corrected chi connectivity index (χ4v) is 24.1. The SMILES string of the molecule is C=CC(C)(O)CC/C=C(/CO)C(=O)OC1C(C)OC(OC(C)(C=C)CC/C=C(/CO)C(=O)OC2CC3(C(=O)OC4OC(CO)C(O)C(O)C4OC4OC(C)C(OC5OC(CO)C(O)C5O)C(OC5OC(CO)C(O)C(O)C5O)C4O)C(O)CC4(C)C(=CCC5C6(C)CCC(OC7OC(COC8OC(O)C(O)C(O)C8OC8OCC(O)C(O)C8O)C(O)C(O)C7O)C(C)(C)C6CCC54C)C3CC2(C)C)C(O)C1O. The molecule has 12 fully saturated rings. The van der Waals surface area contributed by atoms with Gasteiger partial charge in [0, 0.05) is 11.8 Å². The molecule has 13 rings (SSSR count). The van der Waals surface area contributed by atoms with Crippen molar-refractivity contribution >= 4 is 17.9 Å². The molecule has 50 unspecified atom stereocenters. The summed E-state index contributed by atoms with van der Waals surface area (Å²) in [5, 5.41) is 289. The second kappa shape index (κ2) is 45.2. The summed E-state index contributed by atoms with van der Waals surface area (Å²) in [4.78, 5) is 45.2. The van der Waals surface area contributed by atoms with Crippen molar-refractivity contribution in [2.24, 2.45) is 50.2 Å². The average Bonchev–Trinajstić information content (AvgIpc) is 0.732. The van der Waals surface area contributed by atoms with Gasteiger partial charge in [0.2, 0.25) is 6.29 Å². The molecule has 5 aliphatic carbocycles. The first kappa shape index (κ1) is 115. The minimum Gasteiger partial charge on any atom is -0.458 e. The number of allylic oxidation sites excluding steroid dienone is 4. The molecule has 0 amide bonds. The molecule has 0 aromatic rings. The van der Waals surface area contributed by atoms with Crippen LogP contribution in [0.25, 0.3) is 0 Å². The lowest BCUT2D eigenvalue weighted by molar-refractivity contribution is -0.390. The number of aliphatic hydroxyl groups is 26. The van der Waals surface area contributed by atoms with Gasteiger partial charge < -0.3 is 218 Å². The highest BCUT2D eigenvalue weighted by atomic mass is 16.8. The Balaban J connectivity index is 0.777. The van der Waals surface area contributed by atoms with Crippen molar-refractivity contribution < 1.29 is 232 Å². The number of rotatable bonds is 34. The fourth-order valence-electron chi connectivity index (χ4n) is 24.1. The smallest absolute Gasteiger partial charge is 0.336 e. The third-order valence-corrected chi connectivity index (χ3v) is 33.3. The Bertz CT molecular complexity index is 4350. The Morgan fingerprint density at radius 1 is 0.458 bits per heavy atom. The molecule has 0 spiro atoms. The lowest BCUT2D eigenvalue weighted by atomic mass is 9.33. The lowest BCUT2D eigenvalue weighted by Crippen LogP contribution is -2.70. The van der Waals surface area contributed by atoms with Gasteiger partial charge in [0.25, 0.3) is 0 Å². The maximum absolute atomic E-state index is 16.8. The zero-order valence-corrected chi connectivity index (χ0v) is 81.3. The van der Waals surface area contributed by atoms with E-state index < -0.39 is 372 Å². The monoisotopic (exact) mass is 2040 g/mol. The Morgan fingerprint density at radius 2 is 0.944 bits per heavy atom. The fraction of sp³-hybridized carbons (Fsp3) is 0.863. The van der Waals surface area contributed by atoms with Crippen molar-refractivity contribution in [3.05, 3.63) is 60.3 Å². The number of fused-ring (bicyclic) bond motifs is 7. The van der Waals surface area contributed by atoms with E-state index in [4.69, 9.17) is 85.3 Å². The van der Waals surface area contributed by atoms with Gasteiger partial charge >= 0.3 is 17.9 Å². The Morgan fingerprint density at radius 3 is 1.54 bits per heavy atom. The lowest BCUT2D eigenvalue weighted by Gasteiger charge is -2.72. The number of hydrogen-bond donors (Lipinski definition) is 26. The van der Waals surface area contributed by atoms with E-state index in [2.05, 4.69) is 33.1 Å². The number of carbonyl (C=O) groups excluding carboxylic acids is 3. The molecule has 26 N–H and O–H groups in total. The molecule has 8 heterocycles. The van der Waals surface area contributed by atoms with Gasteiger partial charge in [0.15, 0.2) is 62.5 Å². The molecule has 47 nitrogen and oxygen atoms in total. The highest BCUT2D eigenvalue weighted by molar-refractivity contribution is 5.89. The topological polar surface area (TPSA) is 743 Å². The molecule has 812 valence electrons. The van der Waals surface area contributed by atoms with Crippen LogP contribution in [0.2, 0.25) is 0 Å². The van der Waals surface area contributed by atoms with Crippen LogP contribution in [-0.2, 0) is 99.6 Å². The first-order chi connectivity index (χ1) is 66.6. The molecule has 0 bridgehead atoms. The Kier molecular flexibility index (Phi) is 36.5. The predicted molar refractivity (Wildman–Crippen MR) is 475 cm³/mol. The minimum atomic E-state index is -2.30. The average molecular weight is 2040 g/mol. The van der Waals surface area contributed by atoms with Gasteiger partial charge in [0.1, 0.15) is 164 Å². The van der Waals surface area contributed by atoms with Gasteiger partial charge in [-0.1, -0.05) is 84.4 Å². The van der Waals surface area contributed by atoms with Crippen molar-refractivity contribution in [3.8, 4) is 0 Å². The second-order valence-corrected chi connectivity index (χ2v) is 43.1. The quantitative estimate of drug-likeness (QED) is 0.00936. The van der Waals surface area contributed by atoms with Crippen LogP contribution in [0.1, 0.15) is 153 Å². The van der Waals surface area contributed by atoms with Crippen molar-refractivity contribution in [3.63, 3.8) is 0 Å². The van der Waals surface area contributed by atoms with E-state index in [0.29, 0.717) is 37.7 Å². The molecule has 4 saturated carbocycles. The molecule has 8 saturated heterocycles.